The largest absolute Gasteiger partial charge is 0.373 e. The van der Waals surface area contributed by atoms with Gasteiger partial charge in [0.25, 0.3) is 0 Å². The summed E-state index contributed by atoms with van der Waals surface area (Å²) in [6, 6.07) is 6.29. The number of piperidine rings is 1. The van der Waals surface area contributed by atoms with Crippen molar-refractivity contribution in [1.29, 1.82) is 5.26 Å². The fourth-order valence-corrected chi connectivity index (χ4v) is 4.77. The normalized spacial score (nSPS) is 26.3. The number of nitrogens with zero attached hydrogens (tertiary/aromatic N) is 3. The number of anilines is 1. The predicted molar refractivity (Wildman–Crippen MR) is 115 cm³/mol. The van der Waals surface area contributed by atoms with Gasteiger partial charge in [0, 0.05) is 32.2 Å². The zero-order chi connectivity index (χ0) is 21.8. The van der Waals surface area contributed by atoms with Crippen LogP contribution in [0.25, 0.3) is 0 Å². The van der Waals surface area contributed by atoms with Gasteiger partial charge in [-0.05, 0) is 50.8 Å². The summed E-state index contributed by atoms with van der Waals surface area (Å²) in [5.41, 5.74) is 0.802. The van der Waals surface area contributed by atoms with Crippen LogP contribution in [-0.2, 0) is 9.53 Å². The Morgan fingerprint density at radius 2 is 1.97 bits per heavy atom. The predicted octanol–water partition coefficient (Wildman–Crippen LogP) is 2.92. The Bertz CT molecular complexity index is 784. The molecule has 3 rings (SSSR count). The third kappa shape index (κ3) is 5.30. The highest BCUT2D eigenvalue weighted by Gasteiger charge is 2.35. The van der Waals surface area contributed by atoms with E-state index in [4.69, 9.17) is 10.00 Å². The van der Waals surface area contributed by atoms with Crippen molar-refractivity contribution in [1.82, 2.24) is 10.2 Å². The van der Waals surface area contributed by atoms with Crippen LogP contribution in [-0.4, -0.2) is 61.3 Å². The maximum atomic E-state index is 14.5. The molecule has 164 valence electrons. The molecule has 6 nitrogen and oxygen atoms in total. The smallest absolute Gasteiger partial charge is 0.237 e. The van der Waals surface area contributed by atoms with Crippen molar-refractivity contribution in [2.45, 2.75) is 64.8 Å². The zero-order valence-corrected chi connectivity index (χ0v) is 18.4. The number of rotatable bonds is 5. The third-order valence-corrected chi connectivity index (χ3v) is 5.93. The number of carbonyl (C=O) groups excluding carboxylic acids is 1. The molecule has 1 amide bonds. The summed E-state index contributed by atoms with van der Waals surface area (Å²) in [6.07, 6.45) is 1.96. The minimum Gasteiger partial charge on any atom is -0.373 e. The Morgan fingerprint density at radius 1 is 1.27 bits per heavy atom. The molecule has 1 N–H and O–H groups in total. The lowest BCUT2D eigenvalue weighted by atomic mass is 9.98. The van der Waals surface area contributed by atoms with Crippen molar-refractivity contribution in [3.8, 4) is 6.07 Å². The van der Waals surface area contributed by atoms with Gasteiger partial charge in [0.05, 0.1) is 35.6 Å². The van der Waals surface area contributed by atoms with Crippen molar-refractivity contribution in [3.63, 3.8) is 0 Å². The maximum Gasteiger partial charge on any atom is 0.237 e. The molecular weight excluding hydrogens is 383 g/mol. The first-order valence-corrected chi connectivity index (χ1v) is 10.9. The van der Waals surface area contributed by atoms with Gasteiger partial charge in [-0.25, -0.2) is 4.39 Å². The first-order chi connectivity index (χ1) is 14.3. The van der Waals surface area contributed by atoms with Gasteiger partial charge in [-0.2, -0.15) is 5.26 Å². The average Bonchev–Trinajstić information content (AvgIpc) is 2.67. The lowest BCUT2D eigenvalue weighted by Gasteiger charge is -2.42. The highest BCUT2D eigenvalue weighted by atomic mass is 19.1. The van der Waals surface area contributed by atoms with Gasteiger partial charge in [0.1, 0.15) is 5.82 Å². The van der Waals surface area contributed by atoms with E-state index in [1.807, 2.05) is 24.8 Å². The molecule has 4 atom stereocenters. The van der Waals surface area contributed by atoms with Crippen molar-refractivity contribution in [2.24, 2.45) is 5.92 Å². The van der Waals surface area contributed by atoms with Crippen molar-refractivity contribution in [3.05, 3.63) is 29.6 Å². The van der Waals surface area contributed by atoms with Crippen LogP contribution in [0.15, 0.2) is 18.2 Å². The molecule has 0 bridgehead atoms. The van der Waals surface area contributed by atoms with E-state index in [1.165, 1.54) is 6.07 Å². The van der Waals surface area contributed by atoms with Crippen LogP contribution in [0.4, 0.5) is 10.1 Å². The van der Waals surface area contributed by atoms with Crippen LogP contribution < -0.4 is 10.2 Å². The molecule has 2 aliphatic rings. The van der Waals surface area contributed by atoms with Crippen LogP contribution in [0, 0.1) is 23.1 Å². The minimum absolute atomic E-state index is 0.0292. The number of benzene rings is 1. The fraction of sp³-hybridized carbons (Fsp3) is 0.652. The number of ether oxygens (including phenoxy) is 1. The number of hydrogen-bond donors (Lipinski definition) is 1. The van der Waals surface area contributed by atoms with Crippen LogP contribution in [0.1, 0.15) is 46.1 Å². The molecule has 0 spiro atoms. The molecule has 2 fully saturated rings. The monoisotopic (exact) mass is 416 g/mol. The fourth-order valence-electron chi connectivity index (χ4n) is 4.77. The lowest BCUT2D eigenvalue weighted by Crippen LogP contribution is -2.59. The molecule has 1 aromatic carbocycles. The summed E-state index contributed by atoms with van der Waals surface area (Å²) in [4.78, 5) is 17.4. The van der Waals surface area contributed by atoms with E-state index in [0.29, 0.717) is 17.8 Å². The van der Waals surface area contributed by atoms with E-state index in [1.54, 1.807) is 12.1 Å². The standard InChI is InChI=1S/C23H33FN4O2/c1-15(2)22(28-12-16(3)30-17(4)13-28)23(29)26-19-6-5-9-27(14-19)21-8-7-18(11-25)10-20(21)24/h7-8,10,15-17,19,22H,5-6,9,12-14H2,1-4H3,(H,26,29). The molecule has 1 aromatic rings. The zero-order valence-electron chi connectivity index (χ0n) is 18.4. The molecule has 2 aliphatic heterocycles. The van der Waals surface area contributed by atoms with E-state index in [2.05, 4.69) is 24.1 Å². The topological polar surface area (TPSA) is 68.6 Å². The number of hydrogen-bond acceptors (Lipinski definition) is 5. The van der Waals surface area contributed by atoms with Gasteiger partial charge in [0.2, 0.25) is 5.91 Å². The Morgan fingerprint density at radius 3 is 2.57 bits per heavy atom. The van der Waals surface area contributed by atoms with E-state index >= 15 is 0 Å². The molecule has 0 saturated carbocycles. The van der Waals surface area contributed by atoms with Crippen LogP contribution in [0.5, 0.6) is 0 Å². The van der Waals surface area contributed by atoms with Crippen LogP contribution >= 0.6 is 0 Å². The first kappa shape index (κ1) is 22.5. The highest BCUT2D eigenvalue weighted by Crippen LogP contribution is 2.25. The van der Waals surface area contributed by atoms with Gasteiger partial charge in [-0.3, -0.25) is 9.69 Å². The Hall–Kier alpha value is -2.17. The molecule has 30 heavy (non-hydrogen) atoms. The third-order valence-electron chi connectivity index (χ3n) is 5.93. The van der Waals surface area contributed by atoms with Gasteiger partial charge >= 0.3 is 0 Å². The van der Waals surface area contributed by atoms with Crippen molar-refractivity contribution < 1.29 is 13.9 Å². The van der Waals surface area contributed by atoms with Gasteiger partial charge in [0.15, 0.2) is 0 Å². The SMILES string of the molecule is CC1CN(C(C(=O)NC2CCCN(c3ccc(C#N)cc3F)C2)C(C)C)CC(C)O1. The van der Waals surface area contributed by atoms with Crippen LogP contribution in [0.3, 0.4) is 0 Å². The van der Waals surface area contributed by atoms with Gasteiger partial charge in [-0.1, -0.05) is 13.8 Å². The van der Waals surface area contributed by atoms with E-state index < -0.39 is 5.82 Å². The second kappa shape index (κ2) is 9.76. The van der Waals surface area contributed by atoms with Gasteiger partial charge in [-0.15, -0.1) is 0 Å². The lowest BCUT2D eigenvalue weighted by molar-refractivity contribution is -0.136. The highest BCUT2D eigenvalue weighted by molar-refractivity contribution is 5.82. The Labute approximate surface area is 179 Å². The number of nitriles is 1. The summed E-state index contributed by atoms with van der Waals surface area (Å²) >= 11 is 0. The molecule has 0 radical (unpaired) electrons. The van der Waals surface area contributed by atoms with Crippen molar-refractivity contribution >= 4 is 11.6 Å². The summed E-state index contributed by atoms with van der Waals surface area (Å²) in [6.45, 7) is 11.0. The molecule has 2 saturated heterocycles. The molecule has 0 aromatic heterocycles. The van der Waals surface area contributed by atoms with Crippen molar-refractivity contribution in [2.75, 3.05) is 31.1 Å². The molecule has 2 heterocycles. The molecular formula is C23H33FN4O2. The number of nitrogens with one attached hydrogen (secondary N) is 1. The summed E-state index contributed by atoms with van der Waals surface area (Å²) < 4.78 is 20.3. The van der Waals surface area contributed by atoms with Gasteiger partial charge < -0.3 is 15.0 Å². The number of carbonyl (C=O) groups is 1. The number of amides is 1. The second-order valence-corrected chi connectivity index (χ2v) is 8.97. The quantitative estimate of drug-likeness (QED) is 0.799. The van der Waals surface area contributed by atoms with E-state index in [9.17, 15) is 9.18 Å². The Kier molecular flexibility index (Phi) is 7.32. The first-order valence-electron chi connectivity index (χ1n) is 10.9. The summed E-state index contributed by atoms with van der Waals surface area (Å²) in [5, 5.41) is 12.2. The summed E-state index contributed by atoms with van der Waals surface area (Å²) in [5.74, 6) is -0.172. The molecule has 7 heteroatoms. The number of halogens is 1. The van der Waals surface area contributed by atoms with E-state index in [-0.39, 0.29) is 36.1 Å². The molecule has 0 aliphatic carbocycles. The molecule has 4 unspecified atom stereocenters. The Balaban J connectivity index is 1.67. The average molecular weight is 417 g/mol. The summed E-state index contributed by atoms with van der Waals surface area (Å²) in [7, 11) is 0. The maximum absolute atomic E-state index is 14.5. The second-order valence-electron chi connectivity index (χ2n) is 8.97. The number of morpholine rings is 1. The minimum atomic E-state index is -0.391. The van der Waals surface area contributed by atoms with Crippen LogP contribution in [0.2, 0.25) is 0 Å². The van der Waals surface area contributed by atoms with E-state index in [0.717, 1.165) is 32.5 Å².